The molecule has 0 spiro atoms. The molecular formula is C22H20N2O2. The van der Waals surface area contributed by atoms with E-state index in [0.29, 0.717) is 30.6 Å². The van der Waals surface area contributed by atoms with Crippen molar-refractivity contribution < 1.29 is 9.53 Å². The second-order valence-electron chi connectivity index (χ2n) is 6.04. The van der Waals surface area contributed by atoms with Gasteiger partial charge in [-0.25, -0.2) is 4.79 Å². The van der Waals surface area contributed by atoms with E-state index in [2.05, 4.69) is 11.1 Å². The van der Waals surface area contributed by atoms with E-state index in [4.69, 9.17) is 10.00 Å². The van der Waals surface area contributed by atoms with Gasteiger partial charge in [0.1, 0.15) is 0 Å². The topological polar surface area (TPSA) is 65.9 Å². The molecule has 1 heterocycles. The molecular weight excluding hydrogens is 324 g/mol. The van der Waals surface area contributed by atoms with Gasteiger partial charge in [-0.15, -0.1) is 0 Å². The van der Waals surface area contributed by atoms with E-state index < -0.39 is 0 Å². The van der Waals surface area contributed by atoms with Crippen LogP contribution < -0.4 is 0 Å². The third-order valence-electron chi connectivity index (χ3n) is 4.20. The Bertz CT molecular complexity index is 936. The molecule has 0 aliphatic carbocycles. The van der Waals surface area contributed by atoms with E-state index in [1.165, 1.54) is 0 Å². The first-order valence-electron chi connectivity index (χ1n) is 8.60. The number of hydrogen-bond acceptors (Lipinski definition) is 3. The highest BCUT2D eigenvalue weighted by Gasteiger charge is 2.20. The number of rotatable bonds is 6. The van der Waals surface area contributed by atoms with Crippen LogP contribution in [0.4, 0.5) is 0 Å². The van der Waals surface area contributed by atoms with Gasteiger partial charge < -0.3 is 9.72 Å². The highest BCUT2D eigenvalue weighted by Crippen LogP contribution is 2.22. The lowest BCUT2D eigenvalue weighted by Crippen LogP contribution is -2.10. The maximum Gasteiger partial charge on any atom is 0.340 e. The van der Waals surface area contributed by atoms with Crippen LogP contribution in [0.2, 0.25) is 0 Å². The summed E-state index contributed by atoms with van der Waals surface area (Å²) in [6.45, 7) is 2.13. The van der Waals surface area contributed by atoms with E-state index in [1.54, 1.807) is 13.0 Å². The first-order chi connectivity index (χ1) is 12.7. The van der Waals surface area contributed by atoms with Crippen LogP contribution in [0.25, 0.3) is 0 Å². The Balaban J connectivity index is 1.94. The Morgan fingerprint density at radius 2 is 1.85 bits per heavy atom. The summed E-state index contributed by atoms with van der Waals surface area (Å²) in [6, 6.07) is 19.6. The van der Waals surface area contributed by atoms with Gasteiger partial charge in [0.05, 0.1) is 23.8 Å². The number of nitrogens with zero attached hydrogens (tertiary/aromatic N) is 1. The van der Waals surface area contributed by atoms with Crippen LogP contribution in [-0.2, 0) is 17.6 Å². The molecule has 1 aromatic heterocycles. The van der Waals surface area contributed by atoms with Crippen molar-refractivity contribution in [3.05, 3.63) is 94.3 Å². The summed E-state index contributed by atoms with van der Waals surface area (Å²) in [5.41, 5.74) is 5.04. The molecule has 130 valence electrons. The molecule has 0 radical (unpaired) electrons. The Labute approximate surface area is 153 Å². The summed E-state index contributed by atoms with van der Waals surface area (Å²) in [5.74, 6) is -0.314. The van der Waals surface area contributed by atoms with Gasteiger partial charge in [-0.1, -0.05) is 42.5 Å². The normalized spacial score (nSPS) is 10.3. The lowest BCUT2D eigenvalue weighted by atomic mass is 9.99. The molecule has 26 heavy (non-hydrogen) atoms. The largest absolute Gasteiger partial charge is 0.462 e. The fourth-order valence-corrected chi connectivity index (χ4v) is 3.02. The third kappa shape index (κ3) is 4.01. The van der Waals surface area contributed by atoms with Crippen LogP contribution >= 0.6 is 0 Å². The van der Waals surface area contributed by atoms with E-state index >= 15 is 0 Å². The number of benzene rings is 2. The number of ether oxygens (including phenoxy) is 1. The maximum atomic E-state index is 12.6. The predicted octanol–water partition coefficient (Wildman–Crippen LogP) is 4.24. The van der Waals surface area contributed by atoms with Crippen molar-refractivity contribution in [1.29, 1.82) is 5.26 Å². The standard InChI is InChI=1S/C22H20N2O2/c1-2-26-22(25)21-19(12-16-7-4-3-5-8-16)15-24-20(21)13-17-9-6-10-18(11-17)14-23/h3-11,15,24H,2,12-13H2,1H3. The van der Waals surface area contributed by atoms with Crippen molar-refractivity contribution in [2.45, 2.75) is 19.8 Å². The second kappa shape index (κ2) is 8.17. The van der Waals surface area contributed by atoms with Crippen LogP contribution in [-0.4, -0.2) is 17.6 Å². The smallest absolute Gasteiger partial charge is 0.340 e. The fourth-order valence-electron chi connectivity index (χ4n) is 3.02. The molecule has 0 unspecified atom stereocenters. The predicted molar refractivity (Wildman–Crippen MR) is 100.0 cm³/mol. The Hall–Kier alpha value is -3.32. The van der Waals surface area contributed by atoms with E-state index in [9.17, 15) is 4.79 Å². The molecule has 2 aromatic carbocycles. The first-order valence-corrected chi connectivity index (χ1v) is 8.60. The van der Waals surface area contributed by atoms with Gasteiger partial charge in [0, 0.05) is 18.3 Å². The number of aromatic nitrogens is 1. The zero-order chi connectivity index (χ0) is 18.4. The molecule has 0 saturated carbocycles. The van der Waals surface area contributed by atoms with Crippen molar-refractivity contribution in [3.63, 3.8) is 0 Å². The van der Waals surface area contributed by atoms with Crippen molar-refractivity contribution in [3.8, 4) is 6.07 Å². The van der Waals surface area contributed by atoms with Gasteiger partial charge in [-0.2, -0.15) is 5.26 Å². The molecule has 0 aliphatic rings. The fraction of sp³-hybridized carbons (Fsp3) is 0.182. The maximum absolute atomic E-state index is 12.6. The summed E-state index contributed by atoms with van der Waals surface area (Å²) < 4.78 is 5.28. The van der Waals surface area contributed by atoms with Crippen LogP contribution in [0.15, 0.2) is 60.8 Å². The molecule has 3 aromatic rings. The molecule has 3 rings (SSSR count). The van der Waals surface area contributed by atoms with E-state index in [0.717, 1.165) is 22.4 Å². The number of nitrogens with one attached hydrogen (secondary N) is 1. The highest BCUT2D eigenvalue weighted by atomic mass is 16.5. The molecule has 4 nitrogen and oxygen atoms in total. The van der Waals surface area contributed by atoms with Gasteiger partial charge in [0.15, 0.2) is 0 Å². The summed E-state index contributed by atoms with van der Waals surface area (Å²) in [7, 11) is 0. The average molecular weight is 344 g/mol. The lowest BCUT2D eigenvalue weighted by molar-refractivity contribution is 0.0524. The number of hydrogen-bond donors (Lipinski definition) is 1. The van der Waals surface area contributed by atoms with Crippen molar-refractivity contribution >= 4 is 5.97 Å². The molecule has 1 N–H and O–H groups in total. The SMILES string of the molecule is CCOC(=O)c1c(Cc2ccccc2)c[nH]c1Cc1cccc(C#N)c1. The van der Waals surface area contributed by atoms with Gasteiger partial charge in [-0.3, -0.25) is 0 Å². The third-order valence-corrected chi connectivity index (χ3v) is 4.20. The molecule has 0 fully saturated rings. The number of esters is 1. The molecule has 4 heteroatoms. The van der Waals surface area contributed by atoms with Crippen molar-refractivity contribution in [2.24, 2.45) is 0 Å². The number of nitriles is 1. The van der Waals surface area contributed by atoms with Gasteiger partial charge in [0.25, 0.3) is 0 Å². The van der Waals surface area contributed by atoms with Crippen molar-refractivity contribution in [2.75, 3.05) is 6.61 Å². The number of aromatic amines is 1. The minimum atomic E-state index is -0.314. The molecule has 0 bridgehead atoms. The van der Waals surface area contributed by atoms with Crippen LogP contribution in [0.1, 0.15) is 45.2 Å². The Kier molecular flexibility index (Phi) is 5.50. The summed E-state index contributed by atoms with van der Waals surface area (Å²) in [4.78, 5) is 15.8. The monoisotopic (exact) mass is 344 g/mol. The molecule has 0 atom stereocenters. The first kappa shape index (κ1) is 17.5. The zero-order valence-electron chi connectivity index (χ0n) is 14.7. The van der Waals surface area contributed by atoms with Crippen molar-refractivity contribution in [1.82, 2.24) is 4.98 Å². The zero-order valence-corrected chi connectivity index (χ0v) is 14.7. The highest BCUT2D eigenvalue weighted by molar-refractivity contribution is 5.92. The number of carbonyl (C=O) groups excluding carboxylic acids is 1. The van der Waals surface area contributed by atoms with Gasteiger partial charge in [-0.05, 0) is 42.2 Å². The average Bonchev–Trinajstić information content (AvgIpc) is 3.05. The number of carbonyl (C=O) groups is 1. The van der Waals surface area contributed by atoms with E-state index in [1.807, 2.05) is 54.7 Å². The summed E-state index contributed by atoms with van der Waals surface area (Å²) in [6.07, 6.45) is 3.07. The van der Waals surface area contributed by atoms with Gasteiger partial charge in [0.2, 0.25) is 0 Å². The molecule has 0 saturated heterocycles. The summed E-state index contributed by atoms with van der Waals surface area (Å²) in [5, 5.41) is 9.08. The van der Waals surface area contributed by atoms with Crippen LogP contribution in [0, 0.1) is 11.3 Å². The van der Waals surface area contributed by atoms with E-state index in [-0.39, 0.29) is 5.97 Å². The van der Waals surface area contributed by atoms with Crippen LogP contribution in [0.3, 0.4) is 0 Å². The second-order valence-corrected chi connectivity index (χ2v) is 6.04. The Morgan fingerprint density at radius 1 is 1.08 bits per heavy atom. The lowest BCUT2D eigenvalue weighted by Gasteiger charge is -2.08. The minimum Gasteiger partial charge on any atom is -0.462 e. The van der Waals surface area contributed by atoms with Gasteiger partial charge >= 0.3 is 5.97 Å². The molecule has 0 amide bonds. The molecule has 0 aliphatic heterocycles. The minimum absolute atomic E-state index is 0.314. The van der Waals surface area contributed by atoms with Crippen LogP contribution in [0.5, 0.6) is 0 Å². The summed E-state index contributed by atoms with van der Waals surface area (Å²) >= 11 is 0. The quantitative estimate of drug-likeness (QED) is 0.680. The number of H-pyrrole nitrogens is 1. The Morgan fingerprint density at radius 3 is 2.58 bits per heavy atom.